The van der Waals surface area contributed by atoms with Gasteiger partial charge in [0.25, 0.3) is 0 Å². The maximum atomic E-state index is 10.4. The third-order valence-electron chi connectivity index (χ3n) is 5.05. The van der Waals surface area contributed by atoms with Crippen molar-refractivity contribution >= 4 is 5.97 Å². The van der Waals surface area contributed by atoms with Crippen LogP contribution >= 0.6 is 0 Å². The number of aliphatic carboxylic acids is 1. The van der Waals surface area contributed by atoms with Gasteiger partial charge in [0.15, 0.2) is 0 Å². The topological polar surface area (TPSA) is 49.4 Å². The highest BCUT2D eigenvalue weighted by Crippen LogP contribution is 2.44. The van der Waals surface area contributed by atoms with Gasteiger partial charge in [-0.1, -0.05) is 61.4 Å². The van der Waals surface area contributed by atoms with Crippen molar-refractivity contribution in [2.24, 2.45) is 5.41 Å². The molecule has 3 heteroatoms. The van der Waals surface area contributed by atoms with E-state index in [1.807, 2.05) is 32.1 Å². The Kier molecular flexibility index (Phi) is 9.51. The highest BCUT2D eigenvalue weighted by molar-refractivity contribution is 5.64. The van der Waals surface area contributed by atoms with Crippen LogP contribution in [0.25, 0.3) is 0 Å². The van der Waals surface area contributed by atoms with E-state index in [-0.39, 0.29) is 17.9 Å². The second-order valence-electron chi connectivity index (χ2n) is 7.88. The minimum Gasteiger partial charge on any atom is -0.550 e. The number of carbonyl (C=O) groups excluding carboxylic acids is 1. The van der Waals surface area contributed by atoms with Gasteiger partial charge in [0, 0.05) is 12.6 Å². The molecule has 1 atom stereocenters. The van der Waals surface area contributed by atoms with Gasteiger partial charge in [-0.25, -0.2) is 0 Å². The van der Waals surface area contributed by atoms with Crippen molar-refractivity contribution in [3.8, 4) is 0 Å². The zero-order chi connectivity index (χ0) is 20.4. The van der Waals surface area contributed by atoms with Crippen molar-refractivity contribution in [1.82, 2.24) is 0 Å². The molecule has 0 aromatic rings. The molecular weight excluding hydrogens is 336 g/mol. The maximum absolute atomic E-state index is 10.4. The molecule has 3 nitrogen and oxygen atoms in total. The molecule has 0 saturated carbocycles. The van der Waals surface area contributed by atoms with Crippen LogP contribution in [-0.4, -0.2) is 18.7 Å². The van der Waals surface area contributed by atoms with Crippen LogP contribution in [0.5, 0.6) is 0 Å². The van der Waals surface area contributed by atoms with Gasteiger partial charge in [-0.05, 0) is 69.9 Å². The molecule has 1 aliphatic rings. The molecule has 0 radical (unpaired) electrons. The van der Waals surface area contributed by atoms with Crippen LogP contribution in [0.3, 0.4) is 0 Å². The summed E-state index contributed by atoms with van der Waals surface area (Å²) in [6.07, 6.45) is 15.4. The highest BCUT2D eigenvalue weighted by Gasteiger charge is 2.32. The van der Waals surface area contributed by atoms with E-state index in [1.165, 1.54) is 16.7 Å². The predicted molar refractivity (Wildman–Crippen MR) is 111 cm³/mol. The van der Waals surface area contributed by atoms with Crippen LogP contribution in [0.2, 0.25) is 0 Å². The lowest BCUT2D eigenvalue weighted by molar-refractivity contribution is -0.305. The van der Waals surface area contributed by atoms with Gasteiger partial charge < -0.3 is 14.6 Å². The second-order valence-corrected chi connectivity index (χ2v) is 7.88. The molecule has 0 fully saturated rings. The first-order valence-corrected chi connectivity index (χ1v) is 9.92. The van der Waals surface area contributed by atoms with Gasteiger partial charge in [-0.3, -0.25) is 0 Å². The summed E-state index contributed by atoms with van der Waals surface area (Å²) >= 11 is 0. The summed E-state index contributed by atoms with van der Waals surface area (Å²) < 4.78 is 5.83. The van der Waals surface area contributed by atoms with Crippen LogP contribution in [0, 0.1) is 5.41 Å². The monoisotopic (exact) mass is 371 g/mol. The number of ether oxygens (including phenoxy) is 1. The van der Waals surface area contributed by atoms with E-state index < -0.39 is 5.97 Å². The zero-order valence-corrected chi connectivity index (χ0v) is 17.8. The summed E-state index contributed by atoms with van der Waals surface area (Å²) in [6.45, 7) is 13.6. The van der Waals surface area contributed by atoms with E-state index in [9.17, 15) is 9.90 Å². The number of carboxylic acids is 1. The third kappa shape index (κ3) is 8.13. The lowest BCUT2D eigenvalue weighted by Gasteiger charge is -2.22. The van der Waals surface area contributed by atoms with Crippen molar-refractivity contribution in [1.29, 1.82) is 0 Å². The Morgan fingerprint density at radius 3 is 2.59 bits per heavy atom. The van der Waals surface area contributed by atoms with E-state index >= 15 is 0 Å². The minimum absolute atomic E-state index is 0.0657. The molecule has 150 valence electrons. The molecule has 0 aromatic carbocycles. The molecule has 0 N–H and O–H groups in total. The normalized spacial score (nSPS) is 19.5. The number of allylic oxidation sites excluding steroid dienone is 9. The fraction of sp³-hybridized carbons (Fsp3) is 0.542. The number of carboxylic acid groups (broad SMARTS) is 1. The Bertz CT molecular complexity index is 657. The first-order chi connectivity index (χ1) is 12.7. The number of rotatable bonds is 10. The zero-order valence-electron chi connectivity index (χ0n) is 17.8. The van der Waals surface area contributed by atoms with Crippen LogP contribution in [0.4, 0.5) is 0 Å². The van der Waals surface area contributed by atoms with Crippen molar-refractivity contribution < 1.29 is 14.6 Å². The Hall–Kier alpha value is -1.87. The average molecular weight is 372 g/mol. The smallest absolute Gasteiger partial charge is 0.0762 e. The molecule has 1 aliphatic carbocycles. The SMILES string of the molecule is CCOC(C)C1=C(/C=C/C(C)=C/C=C/C(C)=C/CCC(=O)[O-])C(C)(C)CC1. The van der Waals surface area contributed by atoms with Crippen LogP contribution < -0.4 is 5.11 Å². The molecule has 27 heavy (non-hydrogen) atoms. The Morgan fingerprint density at radius 2 is 1.96 bits per heavy atom. The maximum Gasteiger partial charge on any atom is 0.0762 e. The van der Waals surface area contributed by atoms with E-state index in [0.29, 0.717) is 6.42 Å². The lowest BCUT2D eigenvalue weighted by atomic mass is 9.84. The van der Waals surface area contributed by atoms with Gasteiger partial charge in [0.05, 0.1) is 6.10 Å². The van der Waals surface area contributed by atoms with Crippen molar-refractivity contribution in [2.45, 2.75) is 73.3 Å². The summed E-state index contributed by atoms with van der Waals surface area (Å²) in [5.41, 5.74) is 5.24. The third-order valence-corrected chi connectivity index (χ3v) is 5.05. The Labute approximate surface area is 165 Å². The van der Waals surface area contributed by atoms with Crippen LogP contribution in [0.1, 0.15) is 67.2 Å². The number of carbonyl (C=O) groups is 1. The quantitative estimate of drug-likeness (QED) is 0.504. The largest absolute Gasteiger partial charge is 0.550 e. The fourth-order valence-electron chi connectivity index (χ4n) is 3.36. The average Bonchev–Trinajstić information content (AvgIpc) is 2.87. The first-order valence-electron chi connectivity index (χ1n) is 9.92. The van der Waals surface area contributed by atoms with Gasteiger partial charge in [0.1, 0.15) is 0 Å². The summed E-state index contributed by atoms with van der Waals surface area (Å²) in [5.74, 6) is -1.01. The fourth-order valence-corrected chi connectivity index (χ4v) is 3.36. The highest BCUT2D eigenvalue weighted by atomic mass is 16.5. The van der Waals surface area contributed by atoms with E-state index in [0.717, 1.165) is 25.0 Å². The summed E-state index contributed by atoms with van der Waals surface area (Å²) in [4.78, 5) is 10.4. The van der Waals surface area contributed by atoms with Crippen molar-refractivity contribution in [3.05, 3.63) is 58.7 Å². The molecule has 0 amide bonds. The van der Waals surface area contributed by atoms with Crippen LogP contribution in [0.15, 0.2) is 58.7 Å². The van der Waals surface area contributed by atoms with Crippen molar-refractivity contribution in [3.63, 3.8) is 0 Å². The van der Waals surface area contributed by atoms with Gasteiger partial charge >= 0.3 is 0 Å². The molecule has 0 spiro atoms. The Balaban J connectivity index is 2.80. The Morgan fingerprint density at radius 1 is 1.26 bits per heavy atom. The molecule has 0 saturated heterocycles. The van der Waals surface area contributed by atoms with Crippen LogP contribution in [-0.2, 0) is 9.53 Å². The summed E-state index contributed by atoms with van der Waals surface area (Å²) in [6, 6.07) is 0. The van der Waals surface area contributed by atoms with E-state index in [2.05, 4.69) is 45.9 Å². The molecule has 1 rings (SSSR count). The molecule has 0 aliphatic heterocycles. The van der Waals surface area contributed by atoms with Gasteiger partial charge in [-0.2, -0.15) is 0 Å². The van der Waals surface area contributed by atoms with Gasteiger partial charge in [-0.15, -0.1) is 0 Å². The van der Waals surface area contributed by atoms with E-state index in [1.54, 1.807) is 0 Å². The number of hydrogen-bond acceptors (Lipinski definition) is 3. The minimum atomic E-state index is -1.01. The van der Waals surface area contributed by atoms with E-state index in [4.69, 9.17) is 4.74 Å². The number of hydrogen-bond donors (Lipinski definition) is 0. The summed E-state index contributed by atoms with van der Waals surface area (Å²) in [5, 5.41) is 10.4. The lowest BCUT2D eigenvalue weighted by Crippen LogP contribution is -2.21. The van der Waals surface area contributed by atoms with Crippen molar-refractivity contribution in [2.75, 3.05) is 6.61 Å². The molecule has 1 unspecified atom stereocenters. The van der Waals surface area contributed by atoms with Gasteiger partial charge in [0.2, 0.25) is 0 Å². The standard InChI is InChI=1S/C24H36O3/c1-7-27-20(4)21-16-17-24(5,6)22(21)15-14-19(3)11-8-10-18(2)12-9-13-23(25)26/h8,10-12,14-15,20H,7,9,13,16-17H2,1-6H3,(H,25,26)/p-1/b10-8+,15-14+,18-12+,19-11+. The summed E-state index contributed by atoms with van der Waals surface area (Å²) in [7, 11) is 0. The second kappa shape index (κ2) is 11.1. The molecular formula is C24H35O3-. The molecule has 0 heterocycles. The molecule has 0 bridgehead atoms. The molecule has 0 aromatic heterocycles. The predicted octanol–water partition coefficient (Wildman–Crippen LogP) is 5.06. The first kappa shape index (κ1) is 23.2.